The van der Waals surface area contributed by atoms with Gasteiger partial charge in [0.2, 0.25) is 0 Å². The molecule has 1 amide bonds. The molecule has 1 heterocycles. The topological polar surface area (TPSA) is 66.2 Å². The van der Waals surface area contributed by atoms with E-state index in [1.165, 1.54) is 11.3 Å². The van der Waals surface area contributed by atoms with Gasteiger partial charge in [0, 0.05) is 24.0 Å². The van der Waals surface area contributed by atoms with Gasteiger partial charge < -0.3 is 9.64 Å². The van der Waals surface area contributed by atoms with Crippen LogP contribution in [0.2, 0.25) is 0 Å². The van der Waals surface area contributed by atoms with E-state index >= 15 is 0 Å². The van der Waals surface area contributed by atoms with Gasteiger partial charge in [-0.15, -0.1) is 11.3 Å². The Bertz CT molecular complexity index is 731. The van der Waals surface area contributed by atoms with Crippen molar-refractivity contribution in [3.8, 4) is 22.4 Å². The molecule has 1 aromatic heterocycles. The van der Waals surface area contributed by atoms with E-state index in [2.05, 4.69) is 11.1 Å². The fourth-order valence-corrected chi connectivity index (χ4v) is 2.90. The number of hydrogen-bond donors (Lipinski definition) is 0. The number of aromatic nitrogens is 1. The minimum absolute atomic E-state index is 0.130. The van der Waals surface area contributed by atoms with Crippen molar-refractivity contribution in [2.75, 3.05) is 7.05 Å². The van der Waals surface area contributed by atoms with E-state index < -0.39 is 0 Å². The van der Waals surface area contributed by atoms with E-state index in [1.807, 2.05) is 45.0 Å². The molecule has 0 aliphatic rings. The summed E-state index contributed by atoms with van der Waals surface area (Å²) in [7, 11) is 1.70. The summed E-state index contributed by atoms with van der Waals surface area (Å²) in [6.45, 7) is 5.81. The molecule has 1 unspecified atom stereocenters. The highest BCUT2D eigenvalue weighted by Gasteiger charge is 2.20. The number of nitrogens with zero attached hydrogens (tertiary/aromatic N) is 3. The molecule has 24 heavy (non-hydrogen) atoms. The van der Waals surface area contributed by atoms with Crippen LogP contribution in [0.1, 0.15) is 37.7 Å². The Morgan fingerprint density at radius 2 is 2.00 bits per heavy atom. The van der Waals surface area contributed by atoms with Gasteiger partial charge in [0.25, 0.3) is 5.91 Å². The maximum Gasteiger partial charge on any atom is 0.273 e. The number of rotatable bonds is 6. The zero-order chi connectivity index (χ0) is 17.7. The first-order chi connectivity index (χ1) is 11.4. The molecular weight excluding hydrogens is 322 g/mol. The Balaban J connectivity index is 2.13. The summed E-state index contributed by atoms with van der Waals surface area (Å²) in [6, 6.07) is 9.62. The van der Waals surface area contributed by atoms with Gasteiger partial charge in [-0.3, -0.25) is 4.79 Å². The van der Waals surface area contributed by atoms with Gasteiger partial charge in [-0.2, -0.15) is 5.26 Å². The monoisotopic (exact) mass is 343 g/mol. The molecule has 0 spiro atoms. The lowest BCUT2D eigenvalue weighted by Gasteiger charge is -2.21. The first kappa shape index (κ1) is 18.0. The Labute approximate surface area is 146 Å². The molecule has 1 aromatic carbocycles. The number of benzene rings is 1. The van der Waals surface area contributed by atoms with E-state index in [0.29, 0.717) is 12.1 Å². The molecule has 5 nitrogen and oxygen atoms in total. The Morgan fingerprint density at radius 3 is 2.58 bits per heavy atom. The summed E-state index contributed by atoms with van der Waals surface area (Å²) in [4.78, 5) is 18.4. The highest BCUT2D eigenvalue weighted by atomic mass is 32.1. The van der Waals surface area contributed by atoms with Gasteiger partial charge in [-0.25, -0.2) is 4.98 Å². The normalized spacial score (nSPS) is 11.8. The molecule has 0 N–H and O–H groups in total. The summed E-state index contributed by atoms with van der Waals surface area (Å²) in [5.74, 6) is 0.645. The van der Waals surface area contributed by atoms with Crippen LogP contribution in [0.15, 0.2) is 29.6 Å². The van der Waals surface area contributed by atoms with E-state index in [1.54, 1.807) is 17.3 Å². The van der Waals surface area contributed by atoms with E-state index in [9.17, 15) is 4.79 Å². The largest absolute Gasteiger partial charge is 0.491 e. The van der Waals surface area contributed by atoms with Crippen LogP contribution in [0, 0.1) is 11.3 Å². The van der Waals surface area contributed by atoms with Gasteiger partial charge in [0.15, 0.2) is 0 Å². The molecule has 6 heteroatoms. The maximum atomic E-state index is 12.4. The molecule has 126 valence electrons. The minimum Gasteiger partial charge on any atom is -0.491 e. The first-order valence-corrected chi connectivity index (χ1v) is 8.67. The summed E-state index contributed by atoms with van der Waals surface area (Å²) in [5.41, 5.74) is 1.35. The lowest BCUT2D eigenvalue weighted by Crippen LogP contribution is -2.35. The van der Waals surface area contributed by atoms with Gasteiger partial charge in [-0.05, 0) is 45.0 Å². The lowest BCUT2D eigenvalue weighted by atomic mass is 10.2. The molecule has 0 radical (unpaired) electrons. The smallest absolute Gasteiger partial charge is 0.273 e. The second kappa shape index (κ2) is 7.93. The van der Waals surface area contributed by atoms with Crippen molar-refractivity contribution in [2.24, 2.45) is 0 Å². The molecule has 0 bridgehead atoms. The molecule has 2 aromatic rings. The third-order valence-corrected chi connectivity index (χ3v) is 4.46. The average Bonchev–Trinajstić information content (AvgIpc) is 3.03. The molecule has 0 aliphatic heterocycles. The number of hydrogen-bond acceptors (Lipinski definition) is 5. The number of thiazole rings is 1. The molecule has 2 rings (SSSR count). The minimum atomic E-state index is -0.167. The third kappa shape index (κ3) is 4.33. The van der Waals surface area contributed by atoms with Crippen LogP contribution in [0.3, 0.4) is 0 Å². The van der Waals surface area contributed by atoms with Crippen molar-refractivity contribution >= 4 is 17.2 Å². The van der Waals surface area contributed by atoms with Crippen molar-refractivity contribution in [1.29, 1.82) is 5.26 Å². The molecular formula is C18H21N3O2S. The summed E-state index contributed by atoms with van der Waals surface area (Å²) in [5, 5.41) is 11.3. The van der Waals surface area contributed by atoms with Crippen LogP contribution in [-0.2, 0) is 0 Å². The van der Waals surface area contributed by atoms with Crippen LogP contribution in [0.4, 0.5) is 0 Å². The predicted molar refractivity (Wildman–Crippen MR) is 95.1 cm³/mol. The zero-order valence-electron chi connectivity index (χ0n) is 14.3. The quantitative estimate of drug-likeness (QED) is 0.796. The van der Waals surface area contributed by atoms with Crippen LogP contribution < -0.4 is 4.74 Å². The van der Waals surface area contributed by atoms with Gasteiger partial charge >= 0.3 is 0 Å². The van der Waals surface area contributed by atoms with Crippen LogP contribution in [0.5, 0.6) is 5.75 Å². The fourth-order valence-electron chi connectivity index (χ4n) is 2.10. The SMILES string of the molecule is CC(C)Oc1ccc(-c2nc(C(=O)N(C)C(C)CC#N)cs2)cc1. The average molecular weight is 343 g/mol. The van der Waals surface area contributed by atoms with Crippen molar-refractivity contribution < 1.29 is 9.53 Å². The van der Waals surface area contributed by atoms with Crippen molar-refractivity contribution in [1.82, 2.24) is 9.88 Å². The van der Waals surface area contributed by atoms with Crippen molar-refractivity contribution in [2.45, 2.75) is 39.3 Å². The number of carbonyl (C=O) groups excluding carboxylic acids is 1. The number of ether oxygens (including phenoxy) is 1. The van der Waals surface area contributed by atoms with Crippen LogP contribution in [0.25, 0.3) is 10.6 Å². The van der Waals surface area contributed by atoms with Crippen LogP contribution >= 0.6 is 11.3 Å². The number of nitriles is 1. The second-order valence-electron chi connectivity index (χ2n) is 5.86. The number of carbonyl (C=O) groups is 1. The van der Waals surface area contributed by atoms with E-state index in [-0.39, 0.29) is 18.1 Å². The van der Waals surface area contributed by atoms with Gasteiger partial charge in [-0.1, -0.05) is 0 Å². The third-order valence-electron chi connectivity index (χ3n) is 3.56. The van der Waals surface area contributed by atoms with Crippen molar-refractivity contribution in [3.05, 3.63) is 35.3 Å². The second-order valence-corrected chi connectivity index (χ2v) is 6.71. The van der Waals surface area contributed by atoms with Gasteiger partial charge in [0.05, 0.1) is 18.6 Å². The summed E-state index contributed by atoms with van der Waals surface area (Å²) >= 11 is 1.43. The maximum absolute atomic E-state index is 12.4. The fraction of sp³-hybridized carbons (Fsp3) is 0.389. The summed E-state index contributed by atoms with van der Waals surface area (Å²) < 4.78 is 5.63. The highest BCUT2D eigenvalue weighted by Crippen LogP contribution is 2.26. The predicted octanol–water partition coefficient (Wildman–Crippen LogP) is 3.97. The number of amides is 1. The Hall–Kier alpha value is -2.39. The molecule has 0 fully saturated rings. The molecule has 0 saturated heterocycles. The first-order valence-electron chi connectivity index (χ1n) is 7.79. The Morgan fingerprint density at radius 1 is 1.33 bits per heavy atom. The van der Waals surface area contributed by atoms with E-state index in [0.717, 1.165) is 16.3 Å². The summed E-state index contributed by atoms with van der Waals surface area (Å²) in [6.07, 6.45) is 0.433. The van der Waals surface area contributed by atoms with Crippen molar-refractivity contribution in [3.63, 3.8) is 0 Å². The zero-order valence-corrected chi connectivity index (χ0v) is 15.1. The molecule has 0 aliphatic carbocycles. The molecule has 0 saturated carbocycles. The Kier molecular flexibility index (Phi) is 5.93. The van der Waals surface area contributed by atoms with E-state index in [4.69, 9.17) is 10.00 Å². The van der Waals surface area contributed by atoms with Gasteiger partial charge in [0.1, 0.15) is 16.5 Å². The standard InChI is InChI=1S/C18H21N3O2S/c1-12(2)23-15-7-5-14(6-8-15)17-20-16(11-24-17)18(22)21(4)13(3)9-10-19/h5-8,11-13H,9H2,1-4H3. The highest BCUT2D eigenvalue weighted by molar-refractivity contribution is 7.13. The van der Waals surface area contributed by atoms with Crippen LogP contribution in [-0.4, -0.2) is 35.0 Å². The molecule has 1 atom stereocenters. The lowest BCUT2D eigenvalue weighted by molar-refractivity contribution is 0.0741.